The Bertz CT molecular complexity index is 561. The molecule has 0 atom stereocenters. The highest BCUT2D eigenvalue weighted by atomic mass is 32.2. The first-order valence-corrected chi connectivity index (χ1v) is 6.95. The molecule has 0 saturated carbocycles. The van der Waals surface area contributed by atoms with Gasteiger partial charge in [0, 0.05) is 6.20 Å². The Morgan fingerprint density at radius 3 is 2.20 bits per heavy atom. The van der Waals surface area contributed by atoms with E-state index in [2.05, 4.69) is 11.6 Å². The average Bonchev–Trinajstić information content (AvgIpc) is 2.25. The molecule has 7 nitrogen and oxygen atoms in total. The van der Waals surface area contributed by atoms with Gasteiger partial charge in [-0.15, -0.1) is 0 Å². The average molecular weight is 302 g/mol. The Morgan fingerprint density at radius 1 is 1.40 bits per heavy atom. The summed E-state index contributed by atoms with van der Waals surface area (Å²) < 4.78 is 30.1. The summed E-state index contributed by atoms with van der Waals surface area (Å²) in [6, 6.07) is 4.70. The molecule has 1 N–H and O–H groups in total. The van der Waals surface area contributed by atoms with Crippen LogP contribution >= 0.6 is 0 Å². The van der Waals surface area contributed by atoms with Gasteiger partial charge in [-0.2, -0.15) is 8.42 Å². The Kier molecular flexibility index (Phi) is 6.50. The van der Waals surface area contributed by atoms with Crippen molar-refractivity contribution in [3.05, 3.63) is 36.7 Å². The van der Waals surface area contributed by atoms with Gasteiger partial charge in [0.05, 0.1) is 32.8 Å². The zero-order valence-electron chi connectivity index (χ0n) is 11.6. The molecular weight excluding hydrogens is 284 g/mol. The number of hydrogen-bond acceptors (Lipinski definition) is 5. The predicted octanol–water partition coefficient (Wildman–Crippen LogP) is -0.617. The van der Waals surface area contributed by atoms with Crippen molar-refractivity contribution in [1.29, 1.82) is 0 Å². The fraction of sp³-hybridized carbons (Fsp3) is 0.333. The van der Waals surface area contributed by atoms with Gasteiger partial charge in [0.2, 0.25) is 0 Å². The van der Waals surface area contributed by atoms with Gasteiger partial charge in [0.1, 0.15) is 11.4 Å². The SMILES string of the molecule is C=C(c1ccccn1)S(=O)(=O)O.C[N+](C)(C)CC(=O)[O-]. The molecule has 0 aliphatic rings. The van der Waals surface area contributed by atoms with Crippen LogP contribution in [0.25, 0.3) is 4.91 Å². The molecule has 1 aromatic rings. The van der Waals surface area contributed by atoms with E-state index in [0.29, 0.717) is 4.48 Å². The van der Waals surface area contributed by atoms with E-state index < -0.39 is 16.1 Å². The van der Waals surface area contributed by atoms with Gasteiger partial charge in [-0.1, -0.05) is 12.6 Å². The number of quaternary nitrogens is 1. The van der Waals surface area contributed by atoms with Crippen LogP contribution in [0.1, 0.15) is 5.69 Å². The number of carboxylic acid groups (broad SMARTS) is 1. The number of carbonyl (C=O) groups is 1. The number of aliphatic carboxylic acids is 1. The van der Waals surface area contributed by atoms with Crippen LogP contribution < -0.4 is 5.11 Å². The Hall–Kier alpha value is -1.77. The van der Waals surface area contributed by atoms with Gasteiger partial charge < -0.3 is 14.4 Å². The first-order valence-electron chi connectivity index (χ1n) is 5.51. The lowest BCUT2D eigenvalue weighted by Gasteiger charge is -2.23. The zero-order valence-corrected chi connectivity index (χ0v) is 12.4. The van der Waals surface area contributed by atoms with Crippen LogP contribution in [0.4, 0.5) is 0 Å². The third kappa shape index (κ3) is 8.35. The van der Waals surface area contributed by atoms with E-state index in [0.717, 1.165) is 0 Å². The second-order valence-corrected chi connectivity index (χ2v) is 6.38. The molecule has 1 aromatic heterocycles. The van der Waals surface area contributed by atoms with Gasteiger partial charge in [0.15, 0.2) is 0 Å². The van der Waals surface area contributed by atoms with Crippen molar-refractivity contribution in [1.82, 2.24) is 4.98 Å². The number of aromatic nitrogens is 1. The summed E-state index contributed by atoms with van der Waals surface area (Å²) in [6.45, 7) is 3.27. The van der Waals surface area contributed by atoms with E-state index in [1.54, 1.807) is 33.3 Å². The standard InChI is InChI=1S/C7H7NO3S.C5H11NO2/c1-6(12(9,10)11)7-4-2-3-5-8-7;1-6(2,3)4-5(7)8/h2-5H,1H2,(H,9,10,11);4H2,1-3H3. The minimum atomic E-state index is -4.21. The number of hydrogen-bond donors (Lipinski definition) is 1. The summed E-state index contributed by atoms with van der Waals surface area (Å²) in [5, 5.41) is 9.89. The minimum absolute atomic E-state index is 0.0694. The van der Waals surface area contributed by atoms with E-state index in [4.69, 9.17) is 4.55 Å². The maximum atomic E-state index is 10.5. The molecule has 0 aliphatic carbocycles. The summed E-state index contributed by atoms with van der Waals surface area (Å²) in [5.41, 5.74) is 0.153. The molecule has 0 bridgehead atoms. The molecule has 0 spiro atoms. The van der Waals surface area contributed by atoms with Crippen LogP contribution in [-0.2, 0) is 14.9 Å². The van der Waals surface area contributed by atoms with Crippen LogP contribution in [0.2, 0.25) is 0 Å². The molecule has 1 heterocycles. The van der Waals surface area contributed by atoms with Crippen molar-refractivity contribution in [3.8, 4) is 0 Å². The van der Waals surface area contributed by atoms with Gasteiger partial charge in [-0.3, -0.25) is 9.54 Å². The summed E-state index contributed by atoms with van der Waals surface area (Å²) in [6.07, 6.45) is 1.42. The van der Waals surface area contributed by atoms with E-state index >= 15 is 0 Å². The number of carbonyl (C=O) groups excluding carboxylic acids is 1. The van der Waals surface area contributed by atoms with Crippen molar-refractivity contribution in [3.63, 3.8) is 0 Å². The first kappa shape index (κ1) is 18.2. The topological polar surface area (TPSA) is 107 Å². The number of rotatable bonds is 4. The molecule has 0 saturated heterocycles. The molecular formula is C12H18N2O5S. The van der Waals surface area contributed by atoms with Crippen molar-refractivity contribution in [2.24, 2.45) is 0 Å². The third-order valence-corrected chi connectivity index (χ3v) is 2.70. The van der Waals surface area contributed by atoms with Crippen molar-refractivity contribution < 1.29 is 27.4 Å². The number of nitrogens with zero attached hydrogens (tertiary/aromatic N) is 2. The Morgan fingerprint density at radius 2 is 1.95 bits per heavy atom. The van der Waals surface area contributed by atoms with Crippen molar-refractivity contribution in [2.75, 3.05) is 27.7 Å². The largest absolute Gasteiger partial charge is 0.544 e. The van der Waals surface area contributed by atoms with Gasteiger partial charge >= 0.3 is 0 Å². The molecule has 20 heavy (non-hydrogen) atoms. The molecule has 0 amide bonds. The highest BCUT2D eigenvalue weighted by Crippen LogP contribution is 2.13. The number of likely N-dealkylation sites (N-methyl/N-ethyl adjacent to an activating group) is 1. The molecule has 112 valence electrons. The summed E-state index contributed by atoms with van der Waals surface area (Å²) in [5.74, 6) is -1.00. The fourth-order valence-corrected chi connectivity index (χ4v) is 1.43. The molecule has 0 aliphatic heterocycles. The van der Waals surface area contributed by atoms with Crippen LogP contribution in [-0.4, -0.2) is 56.1 Å². The Labute approximate surface area is 118 Å². The smallest absolute Gasteiger partial charge is 0.296 e. The zero-order chi connectivity index (χ0) is 16.0. The summed E-state index contributed by atoms with van der Waals surface area (Å²) in [7, 11) is 1.19. The van der Waals surface area contributed by atoms with E-state index in [-0.39, 0.29) is 17.1 Å². The lowest BCUT2D eigenvalue weighted by atomic mass is 10.3. The number of carboxylic acids is 1. The van der Waals surface area contributed by atoms with E-state index in [1.165, 1.54) is 12.3 Å². The van der Waals surface area contributed by atoms with Crippen LogP contribution in [0.15, 0.2) is 31.0 Å². The van der Waals surface area contributed by atoms with Gasteiger partial charge in [-0.05, 0) is 12.1 Å². The normalized spacial score (nSPS) is 11.2. The van der Waals surface area contributed by atoms with E-state index in [9.17, 15) is 18.3 Å². The lowest BCUT2D eigenvalue weighted by Crippen LogP contribution is -2.45. The summed E-state index contributed by atoms with van der Waals surface area (Å²) >= 11 is 0. The van der Waals surface area contributed by atoms with Crippen molar-refractivity contribution in [2.45, 2.75) is 0 Å². The lowest BCUT2D eigenvalue weighted by molar-refractivity contribution is -0.864. The quantitative estimate of drug-likeness (QED) is 0.587. The highest BCUT2D eigenvalue weighted by Gasteiger charge is 2.13. The minimum Gasteiger partial charge on any atom is -0.544 e. The van der Waals surface area contributed by atoms with Crippen molar-refractivity contribution >= 4 is 21.0 Å². The first-order chi connectivity index (χ1) is 8.93. The monoisotopic (exact) mass is 302 g/mol. The van der Waals surface area contributed by atoms with Gasteiger partial charge in [-0.25, -0.2) is 0 Å². The molecule has 0 fully saturated rings. The molecule has 8 heteroatoms. The maximum absolute atomic E-state index is 10.5. The van der Waals surface area contributed by atoms with Crippen LogP contribution in [0, 0.1) is 0 Å². The molecule has 1 rings (SSSR count). The predicted molar refractivity (Wildman–Crippen MR) is 72.7 cm³/mol. The second-order valence-electron chi connectivity index (χ2n) is 4.93. The molecule has 0 unspecified atom stereocenters. The van der Waals surface area contributed by atoms with E-state index in [1.807, 2.05) is 0 Å². The van der Waals surface area contributed by atoms with Gasteiger partial charge in [0.25, 0.3) is 10.1 Å². The third-order valence-electron chi connectivity index (χ3n) is 1.87. The van der Waals surface area contributed by atoms with Crippen LogP contribution in [0.3, 0.4) is 0 Å². The molecule has 0 aromatic carbocycles. The maximum Gasteiger partial charge on any atom is 0.296 e. The molecule has 0 radical (unpaired) electrons. The summed E-state index contributed by atoms with van der Waals surface area (Å²) in [4.78, 5) is 13.2. The van der Waals surface area contributed by atoms with Crippen LogP contribution in [0.5, 0.6) is 0 Å². The highest BCUT2D eigenvalue weighted by molar-refractivity contribution is 7.95. The number of pyridine rings is 1. The Balaban J connectivity index is 0.000000396. The second kappa shape index (κ2) is 7.13. The fourth-order valence-electron chi connectivity index (χ4n) is 1.05.